The van der Waals surface area contributed by atoms with Gasteiger partial charge in [-0.15, -0.1) is 5.10 Å². The first-order valence-corrected chi connectivity index (χ1v) is 6.37. The summed E-state index contributed by atoms with van der Waals surface area (Å²) in [5.74, 6) is -1.05. The smallest absolute Gasteiger partial charge is 0.325 e. The second kappa shape index (κ2) is 5.66. The summed E-state index contributed by atoms with van der Waals surface area (Å²) in [5, 5.41) is 29.5. The van der Waals surface area contributed by atoms with Crippen molar-refractivity contribution in [1.82, 2.24) is 25.2 Å². The molecule has 0 saturated carbocycles. The first-order valence-electron chi connectivity index (χ1n) is 5.55. The molecule has 2 rings (SSSR count). The molecule has 0 aromatic carbocycles. The van der Waals surface area contributed by atoms with Crippen LogP contribution in [0.2, 0.25) is 0 Å². The van der Waals surface area contributed by atoms with Crippen molar-refractivity contribution in [1.29, 1.82) is 5.26 Å². The Morgan fingerprint density at radius 2 is 2.30 bits per heavy atom. The summed E-state index contributed by atoms with van der Waals surface area (Å²) in [6.45, 7) is 3.29. The molecule has 0 bridgehead atoms. The minimum absolute atomic E-state index is 0.279. The van der Waals surface area contributed by atoms with Crippen LogP contribution < -0.4 is 0 Å². The van der Waals surface area contributed by atoms with Crippen LogP contribution in [0.4, 0.5) is 0 Å². The van der Waals surface area contributed by atoms with E-state index in [1.807, 2.05) is 19.9 Å². The molecule has 2 heterocycles. The Morgan fingerprint density at radius 1 is 1.55 bits per heavy atom. The molecule has 9 heteroatoms. The van der Waals surface area contributed by atoms with Crippen LogP contribution in [0.25, 0.3) is 0 Å². The Morgan fingerprint density at radius 3 is 2.95 bits per heavy atom. The number of carboxylic acids is 1. The number of nitrogens with zero attached hydrogens (tertiary/aromatic N) is 6. The number of nitriles is 1. The van der Waals surface area contributed by atoms with Gasteiger partial charge in [0.25, 0.3) is 0 Å². The fourth-order valence-corrected chi connectivity index (χ4v) is 2.55. The van der Waals surface area contributed by atoms with E-state index in [2.05, 4.69) is 26.6 Å². The molecule has 0 atom stereocenters. The van der Waals surface area contributed by atoms with Gasteiger partial charge in [0.05, 0.1) is 5.56 Å². The van der Waals surface area contributed by atoms with Crippen molar-refractivity contribution in [2.24, 2.45) is 0 Å². The van der Waals surface area contributed by atoms with Gasteiger partial charge >= 0.3 is 5.97 Å². The number of aryl methyl sites for hydroxylation is 2. The number of hydrogen-bond acceptors (Lipinski definition) is 7. The van der Waals surface area contributed by atoms with E-state index < -0.39 is 5.97 Å². The van der Waals surface area contributed by atoms with Crippen LogP contribution in [0.3, 0.4) is 0 Å². The largest absolute Gasteiger partial charge is 0.480 e. The summed E-state index contributed by atoms with van der Waals surface area (Å²) >= 11 is 1.07. The maximum absolute atomic E-state index is 10.7. The van der Waals surface area contributed by atoms with Crippen LogP contribution in [-0.2, 0) is 11.3 Å². The van der Waals surface area contributed by atoms with Gasteiger partial charge in [-0.1, -0.05) is 0 Å². The Balaban J connectivity index is 2.38. The third-order valence-corrected chi connectivity index (χ3v) is 3.36. The molecular formula is C11H10N6O2S. The minimum Gasteiger partial charge on any atom is -0.480 e. The number of carbonyl (C=O) groups is 1. The van der Waals surface area contributed by atoms with Crippen molar-refractivity contribution < 1.29 is 9.90 Å². The second-order valence-corrected chi connectivity index (χ2v) is 4.94. The van der Waals surface area contributed by atoms with Gasteiger partial charge in [0.2, 0.25) is 5.16 Å². The third-order valence-electron chi connectivity index (χ3n) is 2.40. The fraction of sp³-hybridized carbons (Fsp3) is 0.273. The van der Waals surface area contributed by atoms with Crippen LogP contribution in [0.15, 0.2) is 16.2 Å². The van der Waals surface area contributed by atoms with Crippen molar-refractivity contribution in [2.45, 2.75) is 30.6 Å². The summed E-state index contributed by atoms with van der Waals surface area (Å²) in [5.41, 5.74) is 2.01. The average molecular weight is 290 g/mol. The molecule has 0 fully saturated rings. The number of aliphatic carboxylic acids is 1. The normalized spacial score (nSPS) is 10.2. The van der Waals surface area contributed by atoms with Crippen molar-refractivity contribution in [2.75, 3.05) is 0 Å². The molecule has 0 aliphatic rings. The molecule has 2 aromatic heterocycles. The fourth-order valence-electron chi connectivity index (χ4n) is 1.60. The van der Waals surface area contributed by atoms with Crippen molar-refractivity contribution in [3.8, 4) is 6.07 Å². The third kappa shape index (κ3) is 2.92. The van der Waals surface area contributed by atoms with Gasteiger partial charge in [-0.3, -0.25) is 4.79 Å². The quantitative estimate of drug-likeness (QED) is 0.878. The first-order chi connectivity index (χ1) is 9.51. The zero-order chi connectivity index (χ0) is 14.7. The lowest BCUT2D eigenvalue weighted by molar-refractivity contribution is -0.138. The summed E-state index contributed by atoms with van der Waals surface area (Å²) < 4.78 is 1.15. The number of aromatic nitrogens is 5. The van der Waals surface area contributed by atoms with Gasteiger partial charge in [0.1, 0.15) is 17.6 Å². The van der Waals surface area contributed by atoms with E-state index in [0.717, 1.165) is 27.7 Å². The number of carboxylic acid groups (broad SMARTS) is 1. The van der Waals surface area contributed by atoms with E-state index in [0.29, 0.717) is 10.6 Å². The lowest BCUT2D eigenvalue weighted by Crippen LogP contribution is -2.11. The number of pyridine rings is 1. The van der Waals surface area contributed by atoms with Gasteiger partial charge in [-0.25, -0.2) is 9.67 Å². The Labute approximate surface area is 118 Å². The number of hydrogen-bond donors (Lipinski definition) is 1. The van der Waals surface area contributed by atoms with Gasteiger partial charge in [-0.2, -0.15) is 5.26 Å². The monoisotopic (exact) mass is 290 g/mol. The Hall–Kier alpha value is -2.47. The minimum atomic E-state index is -1.05. The Kier molecular flexibility index (Phi) is 3.95. The topological polar surface area (TPSA) is 118 Å². The first kappa shape index (κ1) is 14.0. The highest BCUT2D eigenvalue weighted by Gasteiger charge is 2.16. The van der Waals surface area contributed by atoms with Crippen LogP contribution in [0, 0.1) is 25.2 Å². The average Bonchev–Trinajstić information content (AvgIpc) is 2.75. The van der Waals surface area contributed by atoms with Gasteiger partial charge in [0.15, 0.2) is 0 Å². The molecule has 2 aromatic rings. The van der Waals surface area contributed by atoms with Crippen molar-refractivity contribution >= 4 is 17.7 Å². The molecule has 20 heavy (non-hydrogen) atoms. The molecular weight excluding hydrogens is 280 g/mol. The molecule has 0 radical (unpaired) electrons. The highest BCUT2D eigenvalue weighted by atomic mass is 32.2. The molecule has 0 unspecified atom stereocenters. The summed E-state index contributed by atoms with van der Waals surface area (Å²) in [6, 6.07) is 3.89. The second-order valence-electron chi connectivity index (χ2n) is 3.99. The van der Waals surface area contributed by atoms with Crippen LogP contribution >= 0.6 is 11.8 Å². The van der Waals surface area contributed by atoms with Gasteiger partial charge in [-0.05, 0) is 47.7 Å². The summed E-state index contributed by atoms with van der Waals surface area (Å²) in [4.78, 5) is 15.0. The SMILES string of the molecule is Cc1cc(C)c(C#N)c(Sc2nnnn2CC(=O)O)n1. The lowest BCUT2D eigenvalue weighted by Gasteiger charge is -2.06. The van der Waals surface area contributed by atoms with E-state index in [9.17, 15) is 10.1 Å². The zero-order valence-corrected chi connectivity index (χ0v) is 11.5. The zero-order valence-electron chi connectivity index (χ0n) is 10.7. The van der Waals surface area contributed by atoms with Crippen molar-refractivity contribution in [3.63, 3.8) is 0 Å². The predicted molar refractivity (Wildman–Crippen MR) is 68.0 cm³/mol. The maximum Gasteiger partial charge on any atom is 0.325 e. The van der Waals surface area contributed by atoms with E-state index >= 15 is 0 Å². The highest BCUT2D eigenvalue weighted by molar-refractivity contribution is 7.99. The van der Waals surface area contributed by atoms with Crippen LogP contribution in [-0.4, -0.2) is 36.3 Å². The number of tetrazole rings is 1. The van der Waals surface area contributed by atoms with E-state index in [1.165, 1.54) is 0 Å². The molecule has 1 N–H and O–H groups in total. The van der Waals surface area contributed by atoms with E-state index in [-0.39, 0.29) is 11.7 Å². The molecule has 0 aliphatic carbocycles. The molecule has 8 nitrogen and oxygen atoms in total. The predicted octanol–water partition coefficient (Wildman–Crippen LogP) is 0.792. The van der Waals surface area contributed by atoms with Gasteiger partial charge < -0.3 is 5.11 Å². The molecule has 0 saturated heterocycles. The summed E-state index contributed by atoms with van der Waals surface area (Å²) in [6.07, 6.45) is 0. The lowest BCUT2D eigenvalue weighted by atomic mass is 10.1. The Bertz CT molecular complexity index is 705. The maximum atomic E-state index is 10.7. The standard InChI is InChI=1S/C11H10N6O2S/c1-6-3-7(2)13-10(8(6)4-12)20-11-14-15-16-17(11)5-9(18)19/h3H,5H2,1-2H3,(H,18,19). The highest BCUT2D eigenvalue weighted by Crippen LogP contribution is 2.28. The van der Waals surface area contributed by atoms with Gasteiger partial charge in [0, 0.05) is 5.69 Å². The molecule has 0 aliphatic heterocycles. The molecule has 0 spiro atoms. The summed E-state index contributed by atoms with van der Waals surface area (Å²) in [7, 11) is 0. The van der Waals surface area contributed by atoms with Crippen molar-refractivity contribution in [3.05, 3.63) is 22.9 Å². The van der Waals surface area contributed by atoms with E-state index in [1.54, 1.807) is 0 Å². The number of rotatable bonds is 4. The van der Waals surface area contributed by atoms with Crippen LogP contribution in [0.5, 0.6) is 0 Å². The molecule has 0 amide bonds. The molecule has 102 valence electrons. The van der Waals surface area contributed by atoms with Crippen LogP contribution in [0.1, 0.15) is 16.8 Å². The van der Waals surface area contributed by atoms with E-state index in [4.69, 9.17) is 5.11 Å².